The summed E-state index contributed by atoms with van der Waals surface area (Å²) in [6.45, 7) is 4.21. The number of aromatic nitrogens is 6. The molecule has 0 amide bonds. The standard InChI is InChI=1S/C21H19N7/c1-12(2)25-16-5-13(8-23-11-16)14-6-17-20(27-28-21(17)24-10-14)19-7-15-9-22-4-3-18(15)26-19/h3-12,25-26H,1-2H3,(H,24,27,28). The highest BCUT2D eigenvalue weighted by Gasteiger charge is 2.13. The predicted octanol–water partition coefficient (Wildman–Crippen LogP) is 4.38. The fourth-order valence-corrected chi connectivity index (χ4v) is 3.38. The average molecular weight is 369 g/mol. The maximum Gasteiger partial charge on any atom is 0.155 e. The van der Waals surface area contributed by atoms with Crippen LogP contribution in [0.5, 0.6) is 0 Å². The van der Waals surface area contributed by atoms with Crippen molar-refractivity contribution in [3.05, 3.63) is 55.2 Å². The smallest absolute Gasteiger partial charge is 0.155 e. The minimum absolute atomic E-state index is 0.342. The molecule has 0 aromatic carbocycles. The van der Waals surface area contributed by atoms with Gasteiger partial charge in [-0.25, -0.2) is 4.98 Å². The Balaban J connectivity index is 1.60. The van der Waals surface area contributed by atoms with Crippen molar-refractivity contribution >= 4 is 27.6 Å². The van der Waals surface area contributed by atoms with E-state index in [4.69, 9.17) is 0 Å². The van der Waals surface area contributed by atoms with E-state index in [0.29, 0.717) is 6.04 Å². The molecular weight excluding hydrogens is 350 g/mol. The van der Waals surface area contributed by atoms with Crippen molar-refractivity contribution in [1.29, 1.82) is 0 Å². The van der Waals surface area contributed by atoms with Gasteiger partial charge in [0.1, 0.15) is 5.69 Å². The van der Waals surface area contributed by atoms with Crippen LogP contribution >= 0.6 is 0 Å². The van der Waals surface area contributed by atoms with E-state index in [-0.39, 0.29) is 0 Å². The molecule has 5 heterocycles. The summed E-state index contributed by atoms with van der Waals surface area (Å²) in [7, 11) is 0. The van der Waals surface area contributed by atoms with Crippen LogP contribution < -0.4 is 5.32 Å². The van der Waals surface area contributed by atoms with Crippen molar-refractivity contribution in [2.24, 2.45) is 0 Å². The van der Waals surface area contributed by atoms with Gasteiger partial charge in [-0.2, -0.15) is 5.10 Å². The molecule has 0 spiro atoms. The zero-order valence-electron chi connectivity index (χ0n) is 15.6. The van der Waals surface area contributed by atoms with Gasteiger partial charge in [-0.15, -0.1) is 0 Å². The Morgan fingerprint density at radius 2 is 1.86 bits per heavy atom. The lowest BCUT2D eigenvalue weighted by Gasteiger charge is -2.10. The quantitative estimate of drug-likeness (QED) is 0.437. The van der Waals surface area contributed by atoms with Crippen LogP contribution in [0.25, 0.3) is 44.5 Å². The molecular formula is C21H19N7. The van der Waals surface area contributed by atoms with Gasteiger partial charge in [0.15, 0.2) is 5.65 Å². The second-order valence-corrected chi connectivity index (χ2v) is 7.10. The van der Waals surface area contributed by atoms with Gasteiger partial charge in [-0.1, -0.05) is 0 Å². The highest BCUT2D eigenvalue weighted by atomic mass is 15.2. The summed E-state index contributed by atoms with van der Waals surface area (Å²) in [5.41, 5.74) is 6.54. The summed E-state index contributed by atoms with van der Waals surface area (Å²) in [6, 6.07) is 8.54. The molecule has 0 unspecified atom stereocenters. The highest BCUT2D eigenvalue weighted by molar-refractivity contribution is 5.95. The fraction of sp³-hybridized carbons (Fsp3) is 0.143. The van der Waals surface area contributed by atoms with Crippen LogP contribution in [0.15, 0.2) is 55.2 Å². The second kappa shape index (κ2) is 6.45. The van der Waals surface area contributed by atoms with E-state index in [1.165, 1.54) is 0 Å². The fourth-order valence-electron chi connectivity index (χ4n) is 3.38. The minimum atomic E-state index is 0.342. The first-order valence-corrected chi connectivity index (χ1v) is 9.16. The molecule has 7 nitrogen and oxygen atoms in total. The van der Waals surface area contributed by atoms with E-state index in [1.807, 2.05) is 30.9 Å². The Bertz CT molecular complexity index is 1250. The third-order valence-corrected chi connectivity index (χ3v) is 4.62. The topological polar surface area (TPSA) is 95.2 Å². The molecule has 138 valence electrons. The van der Waals surface area contributed by atoms with E-state index in [0.717, 1.165) is 50.1 Å². The van der Waals surface area contributed by atoms with Crippen LogP contribution in [0.3, 0.4) is 0 Å². The number of anilines is 1. The van der Waals surface area contributed by atoms with Gasteiger partial charge in [0, 0.05) is 64.4 Å². The molecule has 5 rings (SSSR count). The van der Waals surface area contributed by atoms with Gasteiger partial charge in [-0.05, 0) is 38.1 Å². The Morgan fingerprint density at radius 3 is 2.71 bits per heavy atom. The lowest BCUT2D eigenvalue weighted by molar-refractivity contribution is 0.898. The first kappa shape index (κ1) is 16.4. The van der Waals surface area contributed by atoms with Crippen LogP contribution in [0.4, 0.5) is 5.69 Å². The number of pyridine rings is 3. The molecule has 0 radical (unpaired) electrons. The van der Waals surface area contributed by atoms with Crippen molar-refractivity contribution in [1.82, 2.24) is 30.1 Å². The second-order valence-electron chi connectivity index (χ2n) is 7.10. The van der Waals surface area contributed by atoms with Crippen molar-refractivity contribution in [3.63, 3.8) is 0 Å². The van der Waals surface area contributed by atoms with Crippen LogP contribution in [0.1, 0.15) is 13.8 Å². The number of fused-ring (bicyclic) bond motifs is 2. The summed E-state index contributed by atoms with van der Waals surface area (Å²) in [5.74, 6) is 0. The summed E-state index contributed by atoms with van der Waals surface area (Å²) >= 11 is 0. The molecule has 0 saturated carbocycles. The number of hydrogen-bond donors (Lipinski definition) is 3. The van der Waals surface area contributed by atoms with Gasteiger partial charge < -0.3 is 10.3 Å². The van der Waals surface area contributed by atoms with Crippen molar-refractivity contribution in [3.8, 4) is 22.5 Å². The Labute approximate surface area is 161 Å². The average Bonchev–Trinajstić information content (AvgIpc) is 3.30. The molecule has 5 aromatic heterocycles. The van der Waals surface area contributed by atoms with Gasteiger partial charge in [0.2, 0.25) is 0 Å². The Morgan fingerprint density at radius 1 is 0.964 bits per heavy atom. The van der Waals surface area contributed by atoms with Crippen molar-refractivity contribution in [2.75, 3.05) is 5.32 Å². The first-order valence-electron chi connectivity index (χ1n) is 9.16. The first-order chi connectivity index (χ1) is 13.7. The molecule has 0 atom stereocenters. The lowest BCUT2D eigenvalue weighted by Crippen LogP contribution is -2.09. The van der Waals surface area contributed by atoms with E-state index in [2.05, 4.69) is 67.5 Å². The van der Waals surface area contributed by atoms with Crippen molar-refractivity contribution in [2.45, 2.75) is 19.9 Å². The van der Waals surface area contributed by atoms with Gasteiger partial charge in [0.25, 0.3) is 0 Å². The molecule has 7 heteroatoms. The number of rotatable bonds is 4. The minimum Gasteiger partial charge on any atom is -0.382 e. The summed E-state index contributed by atoms with van der Waals surface area (Å²) < 4.78 is 0. The van der Waals surface area contributed by atoms with Gasteiger partial charge in [-0.3, -0.25) is 15.1 Å². The summed E-state index contributed by atoms with van der Waals surface area (Å²) in [4.78, 5) is 16.5. The third-order valence-electron chi connectivity index (χ3n) is 4.62. The SMILES string of the molecule is CC(C)Nc1cncc(-c2cnc3[nH]nc(-c4cc5cnccc5[nH]4)c3c2)c1. The van der Waals surface area contributed by atoms with Crippen LogP contribution in [-0.2, 0) is 0 Å². The maximum absolute atomic E-state index is 4.56. The largest absolute Gasteiger partial charge is 0.382 e. The number of hydrogen-bond acceptors (Lipinski definition) is 5. The van der Waals surface area contributed by atoms with E-state index in [9.17, 15) is 0 Å². The zero-order chi connectivity index (χ0) is 19.1. The number of aromatic amines is 2. The Kier molecular flexibility index (Phi) is 3.79. The summed E-state index contributed by atoms with van der Waals surface area (Å²) in [6.07, 6.45) is 9.14. The van der Waals surface area contributed by atoms with Crippen LogP contribution in [-0.4, -0.2) is 36.2 Å². The molecule has 28 heavy (non-hydrogen) atoms. The lowest BCUT2D eigenvalue weighted by atomic mass is 10.1. The number of nitrogens with zero attached hydrogens (tertiary/aromatic N) is 4. The maximum atomic E-state index is 4.56. The third kappa shape index (κ3) is 2.87. The molecule has 3 N–H and O–H groups in total. The number of nitrogens with one attached hydrogen (secondary N) is 3. The number of H-pyrrole nitrogens is 2. The summed E-state index contributed by atoms with van der Waals surface area (Å²) in [5, 5.41) is 12.9. The molecule has 5 aromatic rings. The van der Waals surface area contributed by atoms with Crippen LogP contribution in [0, 0.1) is 0 Å². The van der Waals surface area contributed by atoms with Gasteiger partial charge >= 0.3 is 0 Å². The van der Waals surface area contributed by atoms with E-state index >= 15 is 0 Å². The predicted molar refractivity (Wildman–Crippen MR) is 111 cm³/mol. The monoisotopic (exact) mass is 369 g/mol. The molecule has 0 aliphatic carbocycles. The van der Waals surface area contributed by atoms with Gasteiger partial charge in [0.05, 0.1) is 11.4 Å². The van der Waals surface area contributed by atoms with E-state index < -0.39 is 0 Å². The Hall–Kier alpha value is -3.74. The molecule has 0 bridgehead atoms. The van der Waals surface area contributed by atoms with Crippen LogP contribution in [0.2, 0.25) is 0 Å². The van der Waals surface area contributed by atoms with Crippen molar-refractivity contribution < 1.29 is 0 Å². The van der Waals surface area contributed by atoms with E-state index in [1.54, 1.807) is 6.20 Å². The molecule has 0 saturated heterocycles. The molecule has 0 fully saturated rings. The zero-order valence-corrected chi connectivity index (χ0v) is 15.6. The highest BCUT2D eigenvalue weighted by Crippen LogP contribution is 2.30. The molecule has 0 aliphatic rings. The normalized spacial score (nSPS) is 11.5. The molecule has 0 aliphatic heterocycles.